The number of nitrogens with zero attached hydrogens (tertiary/aromatic N) is 2. The summed E-state index contributed by atoms with van der Waals surface area (Å²) in [5.41, 5.74) is 0.988. The van der Waals surface area contributed by atoms with Gasteiger partial charge in [0.1, 0.15) is 0 Å². The molecule has 1 saturated heterocycles. The maximum Gasteiger partial charge on any atom is 0.233 e. The molecule has 2 unspecified atom stereocenters. The average Bonchev–Trinajstić information content (AvgIpc) is 2.52. The van der Waals surface area contributed by atoms with E-state index in [-0.39, 0.29) is 5.91 Å². The van der Waals surface area contributed by atoms with Crippen LogP contribution in [0.2, 0.25) is 0 Å². The topological polar surface area (TPSA) is 33.2 Å². The molecule has 3 nitrogen and oxygen atoms in total. The van der Waals surface area contributed by atoms with Crippen LogP contribution in [0.15, 0.2) is 41.4 Å². The van der Waals surface area contributed by atoms with Gasteiger partial charge in [0.05, 0.1) is 11.3 Å². The average molecular weight is 314 g/mol. The molecular weight excluding hydrogens is 292 g/mol. The standard InChI is InChI=1S/C18H22N2OS/c1-13-6-3-7-14(2)20(13)17(21)12-22-16-10-4-8-15-9-5-11-19-18(15)16/h4-5,8-11,13-14H,3,6-7,12H2,1-2H3. The third kappa shape index (κ3) is 3.12. The quantitative estimate of drug-likeness (QED) is 0.799. The Hall–Kier alpha value is -1.55. The normalized spacial score (nSPS) is 22.0. The van der Waals surface area contributed by atoms with Crippen LogP contribution < -0.4 is 0 Å². The number of hydrogen-bond donors (Lipinski definition) is 0. The van der Waals surface area contributed by atoms with Crippen LogP contribution in [0.4, 0.5) is 0 Å². The maximum atomic E-state index is 12.6. The molecule has 2 aromatic rings. The Morgan fingerprint density at radius 2 is 1.95 bits per heavy atom. The molecule has 0 bridgehead atoms. The molecule has 1 aromatic carbocycles. The van der Waals surface area contributed by atoms with Crippen molar-refractivity contribution in [2.45, 2.75) is 50.1 Å². The first-order valence-corrected chi connectivity index (χ1v) is 8.93. The van der Waals surface area contributed by atoms with Crippen molar-refractivity contribution in [1.29, 1.82) is 0 Å². The number of hydrogen-bond acceptors (Lipinski definition) is 3. The molecule has 1 amide bonds. The number of rotatable bonds is 3. The van der Waals surface area contributed by atoms with Crippen molar-refractivity contribution in [3.8, 4) is 0 Å². The van der Waals surface area contributed by atoms with Crippen LogP contribution in [-0.2, 0) is 4.79 Å². The minimum absolute atomic E-state index is 0.248. The molecule has 22 heavy (non-hydrogen) atoms. The fourth-order valence-corrected chi connectivity index (χ4v) is 4.23. The van der Waals surface area contributed by atoms with E-state index < -0.39 is 0 Å². The molecule has 0 radical (unpaired) electrons. The molecule has 1 aromatic heterocycles. The monoisotopic (exact) mass is 314 g/mol. The number of fused-ring (bicyclic) bond motifs is 1. The molecule has 116 valence electrons. The highest BCUT2D eigenvalue weighted by Crippen LogP contribution is 2.28. The van der Waals surface area contributed by atoms with Crippen molar-refractivity contribution in [1.82, 2.24) is 9.88 Å². The largest absolute Gasteiger partial charge is 0.337 e. The molecular formula is C18H22N2OS. The number of benzene rings is 1. The second-order valence-electron chi connectivity index (χ2n) is 6.05. The van der Waals surface area contributed by atoms with E-state index in [0.717, 1.165) is 28.6 Å². The third-order valence-corrected chi connectivity index (χ3v) is 5.46. The summed E-state index contributed by atoms with van der Waals surface area (Å²) in [6.45, 7) is 4.33. The summed E-state index contributed by atoms with van der Waals surface area (Å²) in [6.07, 6.45) is 5.28. The predicted octanol–water partition coefficient (Wildman–Crippen LogP) is 4.12. The SMILES string of the molecule is CC1CCCC(C)N1C(=O)CSc1cccc2cccnc12. The fraction of sp³-hybridized carbons (Fsp3) is 0.444. The number of thioether (sulfide) groups is 1. The summed E-state index contributed by atoms with van der Waals surface area (Å²) in [6, 6.07) is 10.9. The lowest BCUT2D eigenvalue weighted by molar-refractivity contribution is -0.134. The molecule has 0 aliphatic carbocycles. The Bertz CT molecular complexity index is 658. The van der Waals surface area contributed by atoms with Crippen LogP contribution in [0, 0.1) is 0 Å². The van der Waals surface area contributed by atoms with Crippen molar-refractivity contribution in [2.24, 2.45) is 0 Å². The van der Waals surface area contributed by atoms with E-state index >= 15 is 0 Å². The molecule has 1 aliphatic rings. The lowest BCUT2D eigenvalue weighted by atomic mass is 9.98. The lowest BCUT2D eigenvalue weighted by Crippen LogP contribution is -2.48. The third-order valence-electron chi connectivity index (χ3n) is 4.43. The summed E-state index contributed by atoms with van der Waals surface area (Å²) >= 11 is 1.60. The minimum atomic E-state index is 0.248. The van der Waals surface area contributed by atoms with E-state index in [2.05, 4.69) is 41.9 Å². The van der Waals surface area contributed by atoms with Crippen LogP contribution in [-0.4, -0.2) is 33.6 Å². The number of pyridine rings is 1. The predicted molar refractivity (Wildman–Crippen MR) is 92.1 cm³/mol. The molecule has 4 heteroatoms. The van der Waals surface area contributed by atoms with Gasteiger partial charge in [-0.3, -0.25) is 9.78 Å². The highest BCUT2D eigenvalue weighted by Gasteiger charge is 2.28. The summed E-state index contributed by atoms with van der Waals surface area (Å²) in [4.78, 5) is 20.2. The maximum absolute atomic E-state index is 12.6. The summed E-state index contributed by atoms with van der Waals surface area (Å²) in [5.74, 6) is 0.738. The van der Waals surface area contributed by atoms with Gasteiger partial charge in [-0.2, -0.15) is 0 Å². The number of piperidine rings is 1. The molecule has 0 N–H and O–H groups in total. The fourth-order valence-electron chi connectivity index (χ4n) is 3.32. The number of aromatic nitrogens is 1. The van der Waals surface area contributed by atoms with Crippen molar-refractivity contribution >= 4 is 28.6 Å². The zero-order chi connectivity index (χ0) is 15.5. The van der Waals surface area contributed by atoms with E-state index in [4.69, 9.17) is 0 Å². The highest BCUT2D eigenvalue weighted by atomic mass is 32.2. The number of para-hydroxylation sites is 1. The van der Waals surface area contributed by atoms with Gasteiger partial charge < -0.3 is 4.90 Å². The van der Waals surface area contributed by atoms with Gasteiger partial charge in [0, 0.05) is 28.6 Å². The Kier molecular flexibility index (Phi) is 4.67. The molecule has 2 heterocycles. The number of amides is 1. The van der Waals surface area contributed by atoms with Gasteiger partial charge in [-0.1, -0.05) is 18.2 Å². The first kappa shape index (κ1) is 15.3. The van der Waals surface area contributed by atoms with Crippen molar-refractivity contribution in [3.05, 3.63) is 36.5 Å². The Balaban J connectivity index is 1.72. The van der Waals surface area contributed by atoms with Crippen LogP contribution >= 0.6 is 11.8 Å². The number of carbonyl (C=O) groups is 1. The first-order valence-electron chi connectivity index (χ1n) is 7.94. The smallest absolute Gasteiger partial charge is 0.233 e. The van der Waals surface area contributed by atoms with Crippen molar-refractivity contribution < 1.29 is 4.79 Å². The Labute approximate surface area is 136 Å². The molecule has 1 aliphatic heterocycles. The van der Waals surface area contributed by atoms with Crippen LogP contribution in [0.1, 0.15) is 33.1 Å². The first-order chi connectivity index (χ1) is 10.7. The van der Waals surface area contributed by atoms with Crippen molar-refractivity contribution in [2.75, 3.05) is 5.75 Å². The van der Waals surface area contributed by atoms with Gasteiger partial charge in [0.2, 0.25) is 5.91 Å². The molecule has 2 atom stereocenters. The van der Waals surface area contributed by atoms with Gasteiger partial charge in [-0.15, -0.1) is 11.8 Å². The second-order valence-corrected chi connectivity index (χ2v) is 7.07. The van der Waals surface area contributed by atoms with Gasteiger partial charge >= 0.3 is 0 Å². The van der Waals surface area contributed by atoms with Gasteiger partial charge in [0.15, 0.2) is 0 Å². The molecule has 1 fully saturated rings. The van der Waals surface area contributed by atoms with E-state index in [1.54, 1.807) is 11.8 Å². The van der Waals surface area contributed by atoms with E-state index in [0.29, 0.717) is 17.8 Å². The van der Waals surface area contributed by atoms with E-state index in [1.165, 1.54) is 6.42 Å². The minimum Gasteiger partial charge on any atom is -0.337 e. The Morgan fingerprint density at radius 1 is 1.23 bits per heavy atom. The van der Waals surface area contributed by atoms with Gasteiger partial charge in [-0.05, 0) is 45.2 Å². The van der Waals surface area contributed by atoms with E-state index in [9.17, 15) is 4.79 Å². The number of likely N-dealkylation sites (tertiary alicyclic amines) is 1. The van der Waals surface area contributed by atoms with Crippen molar-refractivity contribution in [3.63, 3.8) is 0 Å². The molecule has 0 saturated carbocycles. The summed E-state index contributed by atoms with van der Waals surface area (Å²) in [5, 5.41) is 1.12. The van der Waals surface area contributed by atoms with E-state index in [1.807, 2.05) is 18.3 Å². The highest BCUT2D eigenvalue weighted by molar-refractivity contribution is 8.00. The zero-order valence-electron chi connectivity index (χ0n) is 13.2. The molecule has 0 spiro atoms. The Morgan fingerprint density at radius 3 is 2.73 bits per heavy atom. The lowest BCUT2D eigenvalue weighted by Gasteiger charge is -2.39. The zero-order valence-corrected chi connectivity index (χ0v) is 14.0. The second kappa shape index (κ2) is 6.69. The summed E-state index contributed by atoms with van der Waals surface area (Å²) < 4.78 is 0. The van der Waals surface area contributed by atoms with Crippen LogP contribution in [0.5, 0.6) is 0 Å². The summed E-state index contributed by atoms with van der Waals surface area (Å²) in [7, 11) is 0. The number of carbonyl (C=O) groups excluding carboxylic acids is 1. The van der Waals surface area contributed by atoms with Crippen LogP contribution in [0.3, 0.4) is 0 Å². The van der Waals surface area contributed by atoms with Crippen LogP contribution in [0.25, 0.3) is 10.9 Å². The molecule has 3 rings (SSSR count). The van der Waals surface area contributed by atoms with Gasteiger partial charge in [-0.25, -0.2) is 0 Å². The van der Waals surface area contributed by atoms with Gasteiger partial charge in [0.25, 0.3) is 0 Å².